The van der Waals surface area contributed by atoms with Crippen LogP contribution in [-0.4, -0.2) is 33.7 Å². The van der Waals surface area contributed by atoms with E-state index in [1.165, 1.54) is 0 Å². The Morgan fingerprint density at radius 1 is 1.04 bits per heavy atom. The fourth-order valence-electron chi connectivity index (χ4n) is 2.94. The van der Waals surface area contributed by atoms with Gasteiger partial charge in [-0.15, -0.1) is 0 Å². The van der Waals surface area contributed by atoms with Crippen molar-refractivity contribution in [2.45, 2.75) is 13.0 Å². The van der Waals surface area contributed by atoms with E-state index in [2.05, 4.69) is 12.1 Å². The van der Waals surface area contributed by atoms with E-state index in [1.807, 2.05) is 58.2 Å². The molecule has 0 radical (unpaired) electrons. The number of halogens is 1. The number of carbonyl (C=O) groups excluding carboxylic acids is 1. The van der Waals surface area contributed by atoms with Crippen LogP contribution in [0.3, 0.4) is 0 Å². The quantitative estimate of drug-likeness (QED) is 0.709. The van der Waals surface area contributed by atoms with Crippen LogP contribution in [0.4, 0.5) is 0 Å². The largest absolute Gasteiger partial charge is 0.338 e. The van der Waals surface area contributed by atoms with E-state index in [1.54, 1.807) is 0 Å². The third-order valence-corrected chi connectivity index (χ3v) is 4.69. The van der Waals surface area contributed by atoms with Crippen molar-refractivity contribution in [3.63, 3.8) is 0 Å². The molecule has 5 heteroatoms. The molecule has 0 atom stereocenters. The second kappa shape index (κ2) is 6.73. The molecule has 1 saturated heterocycles. The molecule has 126 valence electrons. The van der Waals surface area contributed by atoms with Crippen molar-refractivity contribution in [3.8, 4) is 11.3 Å². The maximum Gasteiger partial charge on any atom is 0.257 e. The van der Waals surface area contributed by atoms with E-state index in [0.717, 1.165) is 30.6 Å². The lowest BCUT2D eigenvalue weighted by Gasteiger charge is -2.30. The van der Waals surface area contributed by atoms with E-state index in [-0.39, 0.29) is 5.91 Å². The van der Waals surface area contributed by atoms with Gasteiger partial charge in [-0.1, -0.05) is 54.1 Å². The third kappa shape index (κ3) is 3.30. The first kappa shape index (κ1) is 15.9. The Morgan fingerprint density at radius 3 is 2.40 bits per heavy atom. The van der Waals surface area contributed by atoms with Gasteiger partial charge < -0.3 is 4.90 Å². The fourth-order valence-corrected chi connectivity index (χ4v) is 3.07. The molecule has 1 aliphatic heterocycles. The third-order valence-electron chi connectivity index (χ3n) is 4.44. The maximum atomic E-state index is 12.8. The van der Waals surface area contributed by atoms with Crippen LogP contribution < -0.4 is 0 Å². The van der Waals surface area contributed by atoms with Gasteiger partial charge in [-0.25, -0.2) is 0 Å². The predicted molar refractivity (Wildman–Crippen MR) is 98.7 cm³/mol. The molecule has 0 unspecified atom stereocenters. The summed E-state index contributed by atoms with van der Waals surface area (Å²) in [6, 6.07) is 17.6. The average molecular weight is 352 g/mol. The molecule has 0 aliphatic carbocycles. The van der Waals surface area contributed by atoms with Crippen LogP contribution in [0.5, 0.6) is 0 Å². The van der Waals surface area contributed by atoms with Gasteiger partial charge >= 0.3 is 0 Å². The molecule has 3 aromatic rings. The summed E-state index contributed by atoms with van der Waals surface area (Å²) in [7, 11) is 0. The first-order chi connectivity index (χ1) is 12.2. The summed E-state index contributed by atoms with van der Waals surface area (Å²) in [6.07, 6.45) is 2.93. The Bertz CT molecular complexity index is 883. The second-order valence-corrected chi connectivity index (χ2v) is 6.66. The van der Waals surface area contributed by atoms with Crippen molar-refractivity contribution >= 4 is 17.5 Å². The average Bonchev–Trinajstić information content (AvgIpc) is 2.99. The lowest BCUT2D eigenvalue weighted by molar-refractivity contribution is 0.0652. The topological polar surface area (TPSA) is 38.1 Å². The minimum Gasteiger partial charge on any atom is -0.338 e. The number of amides is 1. The van der Waals surface area contributed by atoms with Gasteiger partial charge in [-0.05, 0) is 24.1 Å². The molecule has 25 heavy (non-hydrogen) atoms. The van der Waals surface area contributed by atoms with E-state index in [4.69, 9.17) is 16.7 Å². The van der Waals surface area contributed by atoms with Gasteiger partial charge in [0.15, 0.2) is 0 Å². The molecule has 1 aromatic heterocycles. The van der Waals surface area contributed by atoms with Crippen LogP contribution in [0.1, 0.15) is 22.3 Å². The zero-order valence-electron chi connectivity index (χ0n) is 13.7. The Hall–Kier alpha value is -2.59. The summed E-state index contributed by atoms with van der Waals surface area (Å²) < 4.78 is 1.84. The first-order valence-electron chi connectivity index (χ1n) is 8.37. The molecular formula is C20H18ClN3O. The lowest BCUT2D eigenvalue weighted by Crippen LogP contribution is -2.42. The highest BCUT2D eigenvalue weighted by molar-refractivity contribution is 6.30. The van der Waals surface area contributed by atoms with Crippen molar-refractivity contribution < 1.29 is 4.79 Å². The molecule has 2 heterocycles. The minimum atomic E-state index is 0.0514. The van der Waals surface area contributed by atoms with Crippen molar-refractivity contribution in [1.29, 1.82) is 0 Å². The van der Waals surface area contributed by atoms with Crippen LogP contribution in [0, 0.1) is 0 Å². The number of carbonyl (C=O) groups is 1. The van der Waals surface area contributed by atoms with Gasteiger partial charge in [0.25, 0.3) is 5.91 Å². The molecule has 1 aliphatic rings. The number of benzene rings is 2. The van der Waals surface area contributed by atoms with Crippen LogP contribution in [0.25, 0.3) is 11.3 Å². The highest BCUT2D eigenvalue weighted by Gasteiger charge is 2.26. The zero-order valence-corrected chi connectivity index (χ0v) is 14.5. The van der Waals surface area contributed by atoms with Crippen LogP contribution >= 0.6 is 11.6 Å². The zero-order chi connectivity index (χ0) is 17.2. The molecule has 0 N–H and O–H groups in total. The van der Waals surface area contributed by atoms with Gasteiger partial charge in [-0.2, -0.15) is 5.10 Å². The van der Waals surface area contributed by atoms with Gasteiger partial charge in [0.2, 0.25) is 0 Å². The van der Waals surface area contributed by atoms with Crippen molar-refractivity contribution in [1.82, 2.24) is 14.7 Å². The summed E-state index contributed by atoms with van der Waals surface area (Å²) >= 11 is 6.00. The Morgan fingerprint density at radius 2 is 1.76 bits per heavy atom. The fraction of sp³-hybridized carbons (Fsp3) is 0.200. The summed E-state index contributed by atoms with van der Waals surface area (Å²) in [6.45, 7) is 2.28. The van der Waals surface area contributed by atoms with Crippen LogP contribution in [-0.2, 0) is 6.54 Å². The van der Waals surface area contributed by atoms with Crippen LogP contribution in [0.2, 0.25) is 5.02 Å². The molecule has 2 aromatic carbocycles. The van der Waals surface area contributed by atoms with E-state index >= 15 is 0 Å². The number of nitrogens with zero attached hydrogens (tertiary/aromatic N) is 3. The molecule has 0 spiro atoms. The molecule has 4 rings (SSSR count). The molecule has 1 fully saturated rings. The monoisotopic (exact) mass is 351 g/mol. The minimum absolute atomic E-state index is 0.0514. The maximum absolute atomic E-state index is 12.8. The number of hydrogen-bond acceptors (Lipinski definition) is 2. The van der Waals surface area contributed by atoms with Gasteiger partial charge in [-0.3, -0.25) is 9.48 Å². The Kier molecular flexibility index (Phi) is 4.28. The van der Waals surface area contributed by atoms with E-state index in [9.17, 15) is 4.79 Å². The van der Waals surface area contributed by atoms with Crippen molar-refractivity contribution in [2.75, 3.05) is 13.1 Å². The summed E-state index contributed by atoms with van der Waals surface area (Å²) in [5.74, 6) is 0.0514. The summed E-state index contributed by atoms with van der Waals surface area (Å²) in [4.78, 5) is 14.7. The highest BCUT2D eigenvalue weighted by Crippen LogP contribution is 2.26. The number of aromatic nitrogens is 2. The predicted octanol–water partition coefficient (Wildman–Crippen LogP) is 4.10. The Labute approximate surface area is 151 Å². The van der Waals surface area contributed by atoms with E-state index < -0.39 is 0 Å². The molecule has 1 amide bonds. The van der Waals surface area contributed by atoms with Gasteiger partial charge in [0.1, 0.15) is 5.69 Å². The SMILES string of the molecule is O=C(c1cn(Cc2ccccc2)nc1-c1ccc(Cl)cc1)N1CCC1. The van der Waals surface area contributed by atoms with E-state index in [0.29, 0.717) is 22.8 Å². The highest BCUT2D eigenvalue weighted by atomic mass is 35.5. The van der Waals surface area contributed by atoms with Gasteiger partial charge in [0.05, 0.1) is 12.1 Å². The van der Waals surface area contributed by atoms with Crippen LogP contribution in [0.15, 0.2) is 60.8 Å². The summed E-state index contributed by atoms with van der Waals surface area (Å²) in [5.41, 5.74) is 3.41. The molecular weight excluding hydrogens is 334 g/mol. The van der Waals surface area contributed by atoms with Crippen molar-refractivity contribution in [3.05, 3.63) is 76.9 Å². The smallest absolute Gasteiger partial charge is 0.257 e. The summed E-state index contributed by atoms with van der Waals surface area (Å²) in [5, 5.41) is 5.36. The normalized spacial score (nSPS) is 13.6. The standard InChI is InChI=1S/C20H18ClN3O/c21-17-9-7-16(8-10-17)19-18(20(25)23-11-4-12-23)14-24(22-19)13-15-5-2-1-3-6-15/h1-3,5-10,14H,4,11-13H2. The molecule has 0 saturated carbocycles. The van der Waals surface area contributed by atoms with Crippen molar-refractivity contribution in [2.24, 2.45) is 0 Å². The number of rotatable bonds is 4. The number of likely N-dealkylation sites (tertiary alicyclic amines) is 1. The van der Waals surface area contributed by atoms with Gasteiger partial charge in [0, 0.05) is 29.9 Å². The lowest BCUT2D eigenvalue weighted by atomic mass is 10.1. The molecule has 0 bridgehead atoms. The Balaban J connectivity index is 1.72. The first-order valence-corrected chi connectivity index (χ1v) is 8.75. The number of hydrogen-bond donors (Lipinski definition) is 0. The molecule has 4 nitrogen and oxygen atoms in total. The second-order valence-electron chi connectivity index (χ2n) is 6.23.